The number of hydrogen-bond donors (Lipinski definition) is 1. The van der Waals surface area contributed by atoms with Crippen molar-refractivity contribution in [2.45, 2.75) is 19.4 Å². The van der Waals surface area contributed by atoms with Crippen LogP contribution in [0.1, 0.15) is 32.6 Å². The van der Waals surface area contributed by atoms with Gasteiger partial charge in [0, 0.05) is 22.4 Å². The van der Waals surface area contributed by atoms with E-state index in [1.165, 1.54) is 0 Å². The summed E-state index contributed by atoms with van der Waals surface area (Å²) in [6.07, 6.45) is 0. The second-order valence-corrected chi connectivity index (χ2v) is 7.83. The van der Waals surface area contributed by atoms with Crippen LogP contribution < -0.4 is 5.32 Å². The van der Waals surface area contributed by atoms with E-state index in [4.69, 9.17) is 4.84 Å². The van der Waals surface area contributed by atoms with Crippen LogP contribution in [0.2, 0.25) is 0 Å². The van der Waals surface area contributed by atoms with Crippen molar-refractivity contribution in [1.82, 2.24) is 0 Å². The summed E-state index contributed by atoms with van der Waals surface area (Å²) in [7, 11) is 0. The van der Waals surface area contributed by atoms with Gasteiger partial charge in [-0.3, -0.25) is 9.59 Å². The van der Waals surface area contributed by atoms with E-state index in [1.807, 2.05) is 74.5 Å². The second-order valence-electron chi connectivity index (χ2n) is 7.83. The molecule has 0 aliphatic carbocycles. The van der Waals surface area contributed by atoms with Crippen LogP contribution >= 0.6 is 0 Å². The Morgan fingerprint density at radius 2 is 1.57 bits per heavy atom. The lowest BCUT2D eigenvalue weighted by Crippen LogP contribution is -2.46. The first-order valence-corrected chi connectivity index (χ1v) is 9.85. The molecule has 3 aromatic rings. The zero-order valence-electron chi connectivity index (χ0n) is 16.7. The monoisotopic (exact) mass is 396 g/mol. The van der Waals surface area contributed by atoms with Crippen LogP contribution in [0, 0.1) is 19.8 Å². The van der Waals surface area contributed by atoms with Crippen LogP contribution in [0.4, 0.5) is 5.69 Å². The van der Waals surface area contributed by atoms with E-state index in [0.29, 0.717) is 22.5 Å². The van der Waals surface area contributed by atoms with E-state index < -0.39 is 11.5 Å². The smallest absolute Gasteiger partial charge is 0.277 e. The highest BCUT2D eigenvalue weighted by Crippen LogP contribution is 2.49. The van der Waals surface area contributed by atoms with E-state index in [2.05, 4.69) is 10.5 Å². The van der Waals surface area contributed by atoms with Gasteiger partial charge < -0.3 is 10.2 Å². The molecule has 0 saturated carbocycles. The highest BCUT2D eigenvalue weighted by Gasteiger charge is 2.63. The Bertz CT molecular complexity index is 1200. The van der Waals surface area contributed by atoms with Crippen LogP contribution in [0.25, 0.3) is 0 Å². The van der Waals surface area contributed by atoms with Crippen molar-refractivity contribution in [1.29, 1.82) is 0 Å². The Labute approximate surface area is 174 Å². The lowest BCUT2D eigenvalue weighted by atomic mass is 9.74. The number of nitrogens with zero attached hydrogens (tertiary/aromatic N) is 1. The number of aryl methyl sites for hydroxylation is 2. The predicted octanol–water partition coefficient (Wildman–Crippen LogP) is 4.38. The first kappa shape index (κ1) is 18.3. The maximum atomic E-state index is 13.8. The molecule has 0 saturated heterocycles. The average Bonchev–Trinajstić information content (AvgIpc) is 3.28. The number of para-hydroxylation sites is 1. The van der Waals surface area contributed by atoms with E-state index in [0.717, 1.165) is 16.7 Å². The van der Waals surface area contributed by atoms with Crippen LogP contribution in [-0.4, -0.2) is 17.4 Å². The Kier molecular flexibility index (Phi) is 4.07. The van der Waals surface area contributed by atoms with Gasteiger partial charge >= 0.3 is 0 Å². The first-order valence-electron chi connectivity index (χ1n) is 9.85. The molecule has 30 heavy (non-hydrogen) atoms. The molecule has 5 rings (SSSR count). The standard InChI is InChI=1S/C25H20N2O3/c1-15-7-11-17(12-8-15)22-21(23(28)18-13-9-16(2)10-14-18)25(30-27-22)19-5-3-4-6-20(19)26-24(25)29/h3-14,21H,1-2H3,(H,26,29). The number of fused-ring (bicyclic) bond motifs is 2. The fraction of sp³-hybridized carbons (Fsp3) is 0.160. The fourth-order valence-electron chi connectivity index (χ4n) is 4.19. The Morgan fingerprint density at radius 3 is 2.27 bits per heavy atom. The molecular weight excluding hydrogens is 376 g/mol. The van der Waals surface area contributed by atoms with Gasteiger partial charge in [0.2, 0.25) is 0 Å². The Hall–Kier alpha value is -3.73. The third kappa shape index (κ3) is 2.59. The number of benzene rings is 3. The van der Waals surface area contributed by atoms with Gasteiger partial charge in [-0.25, -0.2) is 0 Å². The molecule has 2 heterocycles. The lowest BCUT2D eigenvalue weighted by Gasteiger charge is -2.26. The molecule has 0 aromatic heterocycles. The third-order valence-electron chi connectivity index (χ3n) is 5.83. The largest absolute Gasteiger partial charge is 0.373 e. The number of carbonyl (C=O) groups is 2. The van der Waals surface area contributed by atoms with Crippen molar-refractivity contribution >= 4 is 23.1 Å². The molecule has 0 fully saturated rings. The van der Waals surface area contributed by atoms with Gasteiger partial charge in [0.1, 0.15) is 11.6 Å². The van der Waals surface area contributed by atoms with Gasteiger partial charge in [-0.2, -0.15) is 0 Å². The summed E-state index contributed by atoms with van der Waals surface area (Å²) < 4.78 is 0. The van der Waals surface area contributed by atoms with Gasteiger partial charge in [0.05, 0.1) is 0 Å². The molecule has 1 spiro atoms. The molecule has 2 aliphatic rings. The topological polar surface area (TPSA) is 67.8 Å². The summed E-state index contributed by atoms with van der Waals surface area (Å²) in [5.74, 6) is -1.47. The molecule has 5 nitrogen and oxygen atoms in total. The highest BCUT2D eigenvalue weighted by molar-refractivity contribution is 6.24. The minimum atomic E-state index is -1.52. The minimum absolute atomic E-state index is 0.196. The van der Waals surface area contributed by atoms with Crippen LogP contribution in [0.3, 0.4) is 0 Å². The summed E-state index contributed by atoms with van der Waals surface area (Å²) in [6.45, 7) is 3.96. The van der Waals surface area contributed by atoms with Gasteiger partial charge in [-0.05, 0) is 19.9 Å². The molecule has 2 aliphatic heterocycles. The number of carbonyl (C=O) groups excluding carboxylic acids is 2. The maximum Gasteiger partial charge on any atom is 0.277 e. The molecule has 2 unspecified atom stereocenters. The number of oxime groups is 1. The molecule has 0 radical (unpaired) electrons. The molecule has 5 heteroatoms. The van der Waals surface area contributed by atoms with Gasteiger partial charge in [0.25, 0.3) is 11.5 Å². The number of amides is 1. The predicted molar refractivity (Wildman–Crippen MR) is 115 cm³/mol. The van der Waals surface area contributed by atoms with Crippen LogP contribution in [-0.2, 0) is 15.2 Å². The molecule has 0 bridgehead atoms. The van der Waals surface area contributed by atoms with Crippen molar-refractivity contribution in [3.05, 3.63) is 101 Å². The lowest BCUT2D eigenvalue weighted by molar-refractivity contribution is -0.140. The van der Waals surface area contributed by atoms with E-state index >= 15 is 0 Å². The highest BCUT2D eigenvalue weighted by atomic mass is 16.7. The molecule has 1 amide bonds. The molecule has 3 aromatic carbocycles. The van der Waals surface area contributed by atoms with Crippen molar-refractivity contribution in [3.63, 3.8) is 0 Å². The Balaban J connectivity index is 1.69. The number of anilines is 1. The van der Waals surface area contributed by atoms with Crippen LogP contribution in [0.5, 0.6) is 0 Å². The molecular formula is C25H20N2O3. The summed E-state index contributed by atoms with van der Waals surface area (Å²) >= 11 is 0. The summed E-state index contributed by atoms with van der Waals surface area (Å²) in [6, 6.07) is 22.4. The number of hydrogen-bond acceptors (Lipinski definition) is 4. The van der Waals surface area contributed by atoms with Gasteiger partial charge in [-0.15, -0.1) is 0 Å². The van der Waals surface area contributed by atoms with E-state index in [1.54, 1.807) is 12.1 Å². The number of rotatable bonds is 3. The van der Waals surface area contributed by atoms with Gasteiger partial charge in [0.15, 0.2) is 5.78 Å². The quantitative estimate of drug-likeness (QED) is 0.668. The summed E-state index contributed by atoms with van der Waals surface area (Å²) in [5.41, 5.74) is 3.66. The number of Topliss-reactive ketones (excluding diaryl/α,β-unsaturated/α-hetero) is 1. The van der Waals surface area contributed by atoms with Crippen molar-refractivity contribution < 1.29 is 14.4 Å². The van der Waals surface area contributed by atoms with Gasteiger partial charge in [-0.1, -0.05) is 83.0 Å². The summed E-state index contributed by atoms with van der Waals surface area (Å²) in [5, 5.41) is 7.17. The zero-order valence-corrected chi connectivity index (χ0v) is 16.7. The average molecular weight is 396 g/mol. The third-order valence-corrected chi connectivity index (χ3v) is 5.83. The van der Waals surface area contributed by atoms with Crippen molar-refractivity contribution in [3.8, 4) is 0 Å². The zero-order chi connectivity index (χ0) is 20.9. The second kappa shape index (κ2) is 6.66. The maximum absolute atomic E-state index is 13.8. The molecule has 2 atom stereocenters. The number of nitrogens with one attached hydrogen (secondary N) is 1. The molecule has 148 valence electrons. The fourth-order valence-corrected chi connectivity index (χ4v) is 4.19. The first-order chi connectivity index (χ1) is 14.5. The van der Waals surface area contributed by atoms with E-state index in [-0.39, 0.29) is 11.7 Å². The SMILES string of the molecule is Cc1ccc(C(=O)C2C(c3ccc(C)cc3)=NOC23C(=O)Nc2ccccc23)cc1. The van der Waals surface area contributed by atoms with Crippen LogP contribution in [0.15, 0.2) is 78.0 Å². The minimum Gasteiger partial charge on any atom is -0.373 e. The van der Waals surface area contributed by atoms with Crippen molar-refractivity contribution in [2.75, 3.05) is 5.32 Å². The number of ketones is 1. The normalized spacial score (nSPS) is 21.7. The van der Waals surface area contributed by atoms with E-state index in [9.17, 15) is 9.59 Å². The Morgan fingerprint density at radius 1 is 0.933 bits per heavy atom. The van der Waals surface area contributed by atoms with Crippen molar-refractivity contribution in [2.24, 2.45) is 11.1 Å². The summed E-state index contributed by atoms with van der Waals surface area (Å²) in [4.78, 5) is 32.9. The molecule has 1 N–H and O–H groups in total.